The van der Waals surface area contributed by atoms with Crippen molar-refractivity contribution in [2.24, 2.45) is 0 Å². The lowest BCUT2D eigenvalue weighted by Gasteiger charge is -2.21. The van der Waals surface area contributed by atoms with Crippen LogP contribution in [0.1, 0.15) is 31.7 Å². The Balaban J connectivity index is 2.12. The van der Waals surface area contributed by atoms with Crippen molar-refractivity contribution in [3.63, 3.8) is 0 Å². The van der Waals surface area contributed by atoms with Gasteiger partial charge in [0.05, 0.1) is 4.92 Å². The summed E-state index contributed by atoms with van der Waals surface area (Å²) >= 11 is 0. The summed E-state index contributed by atoms with van der Waals surface area (Å²) in [7, 11) is 0. The Labute approximate surface area is 154 Å². The van der Waals surface area contributed by atoms with Crippen LogP contribution in [0, 0.1) is 17.0 Å². The maximum Gasteiger partial charge on any atom is 0.319 e. The highest BCUT2D eigenvalue weighted by atomic mass is 19.3. The summed E-state index contributed by atoms with van der Waals surface area (Å²) in [5.74, 6) is -0.521. The van der Waals surface area contributed by atoms with Crippen molar-refractivity contribution in [1.29, 1.82) is 0 Å². The summed E-state index contributed by atoms with van der Waals surface area (Å²) in [4.78, 5) is 24.4. The van der Waals surface area contributed by atoms with Crippen molar-refractivity contribution < 1.29 is 18.5 Å². The maximum absolute atomic E-state index is 12.9. The zero-order valence-electron chi connectivity index (χ0n) is 15.3. The number of rotatable bonds is 8. The van der Waals surface area contributed by atoms with E-state index in [4.69, 9.17) is 0 Å². The molecule has 2 rings (SSSR count). The Kier molecular flexibility index (Phi) is 6.43. The predicted octanol–water partition coefficient (Wildman–Crippen LogP) is 3.52. The van der Waals surface area contributed by atoms with Crippen LogP contribution in [0.25, 0.3) is 0 Å². The molecule has 0 saturated heterocycles. The highest BCUT2D eigenvalue weighted by Gasteiger charge is 2.31. The fourth-order valence-corrected chi connectivity index (χ4v) is 2.77. The Hall–Kier alpha value is -3.04. The number of nitro groups is 1. The van der Waals surface area contributed by atoms with Crippen molar-refractivity contribution in [2.45, 2.75) is 33.7 Å². The van der Waals surface area contributed by atoms with Gasteiger partial charge in [0, 0.05) is 24.5 Å². The topological polar surface area (TPSA) is 93.3 Å². The first-order valence-corrected chi connectivity index (χ1v) is 8.43. The third-order valence-electron chi connectivity index (χ3n) is 4.16. The SMILES string of the molecule is CCN(CC)c1ccc(NC(=O)Cn2nc(C(F)F)c([N+](=O)[O-])c2C)cc1. The van der Waals surface area contributed by atoms with E-state index in [0.29, 0.717) is 5.69 Å². The van der Waals surface area contributed by atoms with E-state index < -0.39 is 35.2 Å². The molecule has 8 nitrogen and oxygen atoms in total. The molecule has 0 aliphatic rings. The van der Waals surface area contributed by atoms with E-state index in [9.17, 15) is 23.7 Å². The fraction of sp³-hybridized carbons (Fsp3) is 0.412. The number of amides is 1. The number of aromatic nitrogens is 2. The van der Waals surface area contributed by atoms with Gasteiger partial charge >= 0.3 is 5.69 Å². The molecule has 0 aliphatic heterocycles. The number of carbonyl (C=O) groups excluding carboxylic acids is 1. The first kappa shape index (κ1) is 20.3. The largest absolute Gasteiger partial charge is 0.372 e. The van der Waals surface area contributed by atoms with E-state index in [0.717, 1.165) is 23.5 Å². The third-order valence-corrected chi connectivity index (χ3v) is 4.16. The first-order valence-electron chi connectivity index (χ1n) is 8.43. The molecule has 0 aliphatic carbocycles. The molecule has 10 heteroatoms. The second-order valence-corrected chi connectivity index (χ2v) is 5.80. The van der Waals surface area contributed by atoms with Crippen LogP contribution >= 0.6 is 0 Å². The zero-order valence-corrected chi connectivity index (χ0v) is 15.3. The molecule has 2 aromatic rings. The van der Waals surface area contributed by atoms with E-state index in [1.54, 1.807) is 12.1 Å². The van der Waals surface area contributed by atoms with Crippen LogP contribution in [0.15, 0.2) is 24.3 Å². The minimum atomic E-state index is -3.10. The number of nitrogens with zero attached hydrogens (tertiary/aromatic N) is 4. The van der Waals surface area contributed by atoms with Gasteiger partial charge in [-0.3, -0.25) is 19.6 Å². The normalized spacial score (nSPS) is 10.9. The van der Waals surface area contributed by atoms with Crippen LogP contribution in [0.2, 0.25) is 0 Å². The molecule has 0 saturated carbocycles. The molecule has 1 aromatic heterocycles. The molecule has 0 spiro atoms. The zero-order chi connectivity index (χ0) is 20.1. The summed E-state index contributed by atoms with van der Waals surface area (Å²) in [6, 6.07) is 7.19. The smallest absolute Gasteiger partial charge is 0.319 e. The standard InChI is InChI=1S/C17H21F2N5O3/c1-4-22(5-2)13-8-6-12(7-9-13)20-14(25)10-23-11(3)16(24(26)27)15(21-23)17(18)19/h6-9,17H,4-5,10H2,1-3H3,(H,20,25). The van der Waals surface area contributed by atoms with E-state index in [1.807, 2.05) is 26.0 Å². The number of halogens is 2. The maximum atomic E-state index is 12.9. The molecule has 1 aromatic carbocycles. The summed E-state index contributed by atoms with van der Waals surface area (Å²) < 4.78 is 26.8. The highest BCUT2D eigenvalue weighted by molar-refractivity contribution is 5.90. The number of alkyl halides is 2. The van der Waals surface area contributed by atoms with Gasteiger partial charge in [-0.2, -0.15) is 5.10 Å². The summed E-state index contributed by atoms with van der Waals surface area (Å²) in [6.07, 6.45) is -3.10. The van der Waals surface area contributed by atoms with Gasteiger partial charge in [0.2, 0.25) is 11.6 Å². The fourth-order valence-electron chi connectivity index (χ4n) is 2.77. The van der Waals surface area contributed by atoms with Crippen molar-refractivity contribution in [3.8, 4) is 0 Å². The molecular formula is C17H21F2N5O3. The molecule has 1 amide bonds. The summed E-state index contributed by atoms with van der Waals surface area (Å²) in [5, 5.41) is 17.1. The van der Waals surface area contributed by atoms with Gasteiger partial charge in [-0.1, -0.05) is 0 Å². The second kappa shape index (κ2) is 8.56. The molecule has 1 heterocycles. The predicted molar refractivity (Wildman–Crippen MR) is 97.2 cm³/mol. The lowest BCUT2D eigenvalue weighted by atomic mass is 10.2. The minimum absolute atomic E-state index is 0.0951. The van der Waals surface area contributed by atoms with Gasteiger partial charge in [-0.25, -0.2) is 8.78 Å². The van der Waals surface area contributed by atoms with E-state index in [1.165, 1.54) is 6.92 Å². The Morgan fingerprint density at radius 3 is 2.33 bits per heavy atom. The molecule has 0 unspecified atom stereocenters. The van der Waals surface area contributed by atoms with Crippen LogP contribution in [-0.4, -0.2) is 33.7 Å². The van der Waals surface area contributed by atoms with Crippen molar-refractivity contribution in [2.75, 3.05) is 23.3 Å². The first-order chi connectivity index (χ1) is 12.8. The molecule has 0 fully saturated rings. The van der Waals surface area contributed by atoms with Gasteiger partial charge < -0.3 is 10.2 Å². The number of carbonyl (C=O) groups is 1. The van der Waals surface area contributed by atoms with Crippen LogP contribution in [0.4, 0.5) is 25.8 Å². The molecule has 1 N–H and O–H groups in total. The molecule has 0 atom stereocenters. The van der Waals surface area contributed by atoms with Gasteiger partial charge in [0.25, 0.3) is 6.43 Å². The summed E-state index contributed by atoms with van der Waals surface area (Å²) in [6.45, 7) is 6.66. The number of benzene rings is 1. The minimum Gasteiger partial charge on any atom is -0.372 e. The number of hydrogen-bond acceptors (Lipinski definition) is 5. The van der Waals surface area contributed by atoms with Crippen LogP contribution in [-0.2, 0) is 11.3 Å². The van der Waals surface area contributed by atoms with E-state index in [-0.39, 0.29) is 5.69 Å². The summed E-state index contributed by atoms with van der Waals surface area (Å²) in [5.41, 5.74) is -0.250. The van der Waals surface area contributed by atoms with Crippen LogP contribution in [0.3, 0.4) is 0 Å². The van der Waals surface area contributed by atoms with E-state index in [2.05, 4.69) is 15.3 Å². The number of anilines is 2. The van der Waals surface area contributed by atoms with Gasteiger partial charge in [0.15, 0.2) is 0 Å². The van der Waals surface area contributed by atoms with Crippen LogP contribution < -0.4 is 10.2 Å². The Morgan fingerprint density at radius 1 is 1.30 bits per heavy atom. The Bertz CT molecular complexity index is 817. The molecular weight excluding hydrogens is 360 g/mol. The third kappa shape index (κ3) is 4.57. The Morgan fingerprint density at radius 2 is 1.89 bits per heavy atom. The highest BCUT2D eigenvalue weighted by Crippen LogP contribution is 2.30. The average Bonchev–Trinajstić information content (AvgIpc) is 2.94. The van der Waals surface area contributed by atoms with Gasteiger partial charge in [-0.05, 0) is 45.0 Å². The van der Waals surface area contributed by atoms with E-state index >= 15 is 0 Å². The van der Waals surface area contributed by atoms with Crippen molar-refractivity contribution >= 4 is 23.0 Å². The molecule has 0 bridgehead atoms. The molecule has 0 radical (unpaired) electrons. The van der Waals surface area contributed by atoms with Gasteiger partial charge in [0.1, 0.15) is 12.2 Å². The quantitative estimate of drug-likeness (QED) is 0.558. The molecule has 146 valence electrons. The monoisotopic (exact) mass is 381 g/mol. The van der Waals surface area contributed by atoms with Gasteiger partial charge in [-0.15, -0.1) is 0 Å². The second-order valence-electron chi connectivity index (χ2n) is 5.80. The van der Waals surface area contributed by atoms with Crippen molar-refractivity contribution in [1.82, 2.24) is 9.78 Å². The number of hydrogen-bond donors (Lipinski definition) is 1. The number of nitrogens with one attached hydrogen (secondary N) is 1. The lowest BCUT2D eigenvalue weighted by molar-refractivity contribution is -0.386. The van der Waals surface area contributed by atoms with Crippen LogP contribution in [0.5, 0.6) is 0 Å². The van der Waals surface area contributed by atoms with Crippen molar-refractivity contribution in [3.05, 3.63) is 45.8 Å². The molecule has 27 heavy (non-hydrogen) atoms. The average molecular weight is 381 g/mol. The lowest BCUT2D eigenvalue weighted by Crippen LogP contribution is -2.22.